The zero-order valence-electron chi connectivity index (χ0n) is 18.3. The minimum absolute atomic E-state index is 0.204. The van der Waals surface area contributed by atoms with Gasteiger partial charge in [-0.2, -0.15) is 5.10 Å². The molecule has 3 aromatic rings. The van der Waals surface area contributed by atoms with E-state index in [1.54, 1.807) is 42.5 Å². The van der Waals surface area contributed by atoms with Crippen LogP contribution in [0.15, 0.2) is 77.9 Å². The highest BCUT2D eigenvalue weighted by Crippen LogP contribution is 2.17. The van der Waals surface area contributed by atoms with Crippen LogP contribution >= 0.6 is 0 Å². The van der Waals surface area contributed by atoms with E-state index in [-0.39, 0.29) is 12.5 Å². The normalized spacial score (nSPS) is 10.5. The summed E-state index contributed by atoms with van der Waals surface area (Å²) in [4.78, 5) is 36.2. The fourth-order valence-electron chi connectivity index (χ4n) is 2.88. The molecule has 0 radical (unpaired) electrons. The molecule has 0 fully saturated rings. The summed E-state index contributed by atoms with van der Waals surface area (Å²) in [5.74, 6) is -1.66. The van der Waals surface area contributed by atoms with Crippen LogP contribution < -0.4 is 20.8 Å². The van der Waals surface area contributed by atoms with Gasteiger partial charge in [0.25, 0.3) is 5.91 Å². The fourth-order valence-corrected chi connectivity index (χ4v) is 2.88. The maximum absolute atomic E-state index is 12.2. The lowest BCUT2D eigenvalue weighted by Crippen LogP contribution is -2.32. The zero-order chi connectivity index (χ0) is 23.6. The fraction of sp³-hybridized carbons (Fsp3) is 0.120. The molecule has 8 heteroatoms. The third-order valence-electron chi connectivity index (χ3n) is 4.55. The molecule has 0 saturated carbocycles. The molecular weight excluding hydrogens is 420 g/mol. The van der Waals surface area contributed by atoms with Gasteiger partial charge in [0, 0.05) is 16.9 Å². The number of rotatable bonds is 7. The van der Waals surface area contributed by atoms with Crippen LogP contribution in [-0.4, -0.2) is 30.5 Å². The Bertz CT molecular complexity index is 1190. The Morgan fingerprint density at radius 2 is 1.64 bits per heavy atom. The standard InChI is InChI=1S/C25H24N4O4/c1-17-8-7-11-20(14-17)27-24(31)25(32)29-26-15-19-10-4-6-13-22(19)33-16-23(30)28-21-12-5-3-9-18(21)2/h3-15H,16H2,1-2H3,(H,27,31)(H,28,30)(H,29,32)/b26-15-. The first-order valence-electron chi connectivity index (χ1n) is 10.2. The van der Waals surface area contributed by atoms with E-state index in [1.165, 1.54) is 6.21 Å². The summed E-state index contributed by atoms with van der Waals surface area (Å²) in [7, 11) is 0. The average molecular weight is 444 g/mol. The van der Waals surface area contributed by atoms with Crippen molar-refractivity contribution in [2.75, 3.05) is 17.2 Å². The molecule has 0 aliphatic rings. The molecule has 0 aromatic heterocycles. The molecule has 3 amide bonds. The van der Waals surface area contributed by atoms with Gasteiger partial charge >= 0.3 is 11.8 Å². The maximum Gasteiger partial charge on any atom is 0.329 e. The van der Waals surface area contributed by atoms with Crippen LogP contribution in [-0.2, 0) is 14.4 Å². The Hall–Kier alpha value is -4.46. The predicted molar refractivity (Wildman–Crippen MR) is 127 cm³/mol. The predicted octanol–water partition coefficient (Wildman–Crippen LogP) is 3.41. The Balaban J connectivity index is 1.54. The molecule has 0 bridgehead atoms. The quantitative estimate of drug-likeness (QED) is 0.295. The molecule has 3 aromatic carbocycles. The smallest absolute Gasteiger partial charge is 0.329 e. The second-order valence-corrected chi connectivity index (χ2v) is 7.21. The molecule has 8 nitrogen and oxygen atoms in total. The van der Waals surface area contributed by atoms with Crippen molar-refractivity contribution in [1.29, 1.82) is 0 Å². The van der Waals surface area contributed by atoms with Crippen molar-refractivity contribution in [3.63, 3.8) is 0 Å². The Labute approximate surface area is 191 Å². The monoisotopic (exact) mass is 444 g/mol. The minimum Gasteiger partial charge on any atom is -0.483 e. The highest BCUT2D eigenvalue weighted by atomic mass is 16.5. The van der Waals surface area contributed by atoms with Crippen LogP contribution in [0.1, 0.15) is 16.7 Å². The largest absolute Gasteiger partial charge is 0.483 e. The topological polar surface area (TPSA) is 109 Å². The highest BCUT2D eigenvalue weighted by molar-refractivity contribution is 6.39. The molecular formula is C25H24N4O4. The number of ether oxygens (including phenoxy) is 1. The van der Waals surface area contributed by atoms with Gasteiger partial charge in [-0.1, -0.05) is 42.5 Å². The SMILES string of the molecule is Cc1cccc(NC(=O)C(=O)N/N=C\c2ccccc2OCC(=O)Nc2ccccc2C)c1. The summed E-state index contributed by atoms with van der Waals surface area (Å²) in [5.41, 5.74) is 5.84. The number of para-hydroxylation sites is 2. The Morgan fingerprint density at radius 3 is 2.42 bits per heavy atom. The molecule has 0 aliphatic carbocycles. The van der Waals surface area contributed by atoms with E-state index in [0.29, 0.717) is 22.7 Å². The van der Waals surface area contributed by atoms with Crippen LogP contribution in [0.3, 0.4) is 0 Å². The van der Waals surface area contributed by atoms with Gasteiger partial charge < -0.3 is 15.4 Å². The summed E-state index contributed by atoms with van der Waals surface area (Å²) in [5, 5.41) is 9.12. The number of nitrogens with one attached hydrogen (secondary N) is 3. The van der Waals surface area contributed by atoms with Gasteiger partial charge in [-0.15, -0.1) is 0 Å². The minimum atomic E-state index is -0.913. The van der Waals surface area contributed by atoms with Crippen LogP contribution in [0.2, 0.25) is 0 Å². The Morgan fingerprint density at radius 1 is 0.879 bits per heavy atom. The number of hydrogen-bond donors (Lipinski definition) is 3. The Kier molecular flexibility index (Phi) is 7.91. The van der Waals surface area contributed by atoms with Crippen molar-refractivity contribution in [3.05, 3.63) is 89.5 Å². The summed E-state index contributed by atoms with van der Waals surface area (Å²) < 4.78 is 5.61. The van der Waals surface area contributed by atoms with Gasteiger partial charge in [-0.25, -0.2) is 5.43 Å². The van der Waals surface area contributed by atoms with E-state index in [1.807, 2.05) is 44.2 Å². The number of benzene rings is 3. The zero-order valence-corrected chi connectivity index (χ0v) is 18.3. The molecule has 168 valence electrons. The average Bonchev–Trinajstić information content (AvgIpc) is 2.80. The lowest BCUT2D eigenvalue weighted by atomic mass is 10.2. The maximum atomic E-state index is 12.2. The molecule has 0 aliphatic heterocycles. The van der Waals surface area contributed by atoms with Crippen LogP contribution in [0, 0.1) is 13.8 Å². The number of hydrogen-bond acceptors (Lipinski definition) is 5. The van der Waals surface area contributed by atoms with Crippen LogP contribution in [0.4, 0.5) is 11.4 Å². The van der Waals surface area contributed by atoms with Gasteiger partial charge in [0.15, 0.2) is 6.61 Å². The van der Waals surface area contributed by atoms with Gasteiger partial charge in [0.1, 0.15) is 5.75 Å². The number of aryl methyl sites for hydroxylation is 2. The molecule has 0 spiro atoms. The van der Waals surface area contributed by atoms with E-state index in [2.05, 4.69) is 21.2 Å². The summed E-state index contributed by atoms with van der Waals surface area (Å²) in [6.07, 6.45) is 1.34. The lowest BCUT2D eigenvalue weighted by molar-refractivity contribution is -0.136. The molecule has 0 atom stereocenters. The summed E-state index contributed by atoms with van der Waals surface area (Å²) in [6.45, 7) is 3.58. The van der Waals surface area contributed by atoms with Crippen LogP contribution in [0.5, 0.6) is 5.75 Å². The van der Waals surface area contributed by atoms with E-state index in [9.17, 15) is 14.4 Å². The lowest BCUT2D eigenvalue weighted by Gasteiger charge is -2.11. The highest BCUT2D eigenvalue weighted by Gasteiger charge is 2.13. The van der Waals surface area contributed by atoms with Crippen molar-refractivity contribution >= 4 is 35.3 Å². The van der Waals surface area contributed by atoms with Crippen molar-refractivity contribution in [2.24, 2.45) is 5.10 Å². The molecule has 3 N–H and O–H groups in total. The summed E-state index contributed by atoms with van der Waals surface area (Å²) in [6, 6.07) is 21.4. The van der Waals surface area contributed by atoms with Crippen molar-refractivity contribution in [2.45, 2.75) is 13.8 Å². The molecule has 0 heterocycles. The van der Waals surface area contributed by atoms with E-state index >= 15 is 0 Å². The second kappa shape index (κ2) is 11.2. The first kappa shape index (κ1) is 23.2. The number of carbonyl (C=O) groups is 3. The van der Waals surface area contributed by atoms with Crippen molar-refractivity contribution in [3.8, 4) is 5.75 Å². The second-order valence-electron chi connectivity index (χ2n) is 7.21. The van der Waals surface area contributed by atoms with E-state index < -0.39 is 11.8 Å². The van der Waals surface area contributed by atoms with Gasteiger partial charge in [-0.05, 0) is 55.3 Å². The summed E-state index contributed by atoms with van der Waals surface area (Å²) >= 11 is 0. The van der Waals surface area contributed by atoms with Crippen molar-refractivity contribution in [1.82, 2.24) is 5.43 Å². The first-order valence-corrected chi connectivity index (χ1v) is 10.2. The van der Waals surface area contributed by atoms with Crippen LogP contribution in [0.25, 0.3) is 0 Å². The van der Waals surface area contributed by atoms with E-state index in [4.69, 9.17) is 4.74 Å². The first-order chi connectivity index (χ1) is 15.9. The van der Waals surface area contributed by atoms with E-state index in [0.717, 1.165) is 11.1 Å². The number of carbonyl (C=O) groups excluding carboxylic acids is 3. The van der Waals surface area contributed by atoms with Crippen molar-refractivity contribution < 1.29 is 19.1 Å². The number of amides is 3. The van der Waals surface area contributed by atoms with Gasteiger partial charge in [0.2, 0.25) is 0 Å². The number of hydrazone groups is 1. The number of nitrogens with zero attached hydrogens (tertiary/aromatic N) is 1. The molecule has 3 rings (SSSR count). The third-order valence-corrected chi connectivity index (χ3v) is 4.55. The third kappa shape index (κ3) is 7.03. The van der Waals surface area contributed by atoms with Gasteiger partial charge in [0.05, 0.1) is 6.21 Å². The number of anilines is 2. The molecule has 0 saturated heterocycles. The molecule has 33 heavy (non-hydrogen) atoms. The molecule has 0 unspecified atom stereocenters. The van der Waals surface area contributed by atoms with Gasteiger partial charge in [-0.3, -0.25) is 14.4 Å².